The van der Waals surface area contributed by atoms with Gasteiger partial charge in [0.2, 0.25) is 17.7 Å². The van der Waals surface area contributed by atoms with Gasteiger partial charge in [-0.3, -0.25) is 14.4 Å². The Bertz CT molecular complexity index is 1640. The average molecular weight is 622 g/mol. The number of aromatic amines is 1. The van der Waals surface area contributed by atoms with Crippen LogP contribution in [0.1, 0.15) is 100 Å². The predicted octanol–water partition coefficient (Wildman–Crippen LogP) is 2.27. The molecule has 0 spiro atoms. The first-order valence-corrected chi connectivity index (χ1v) is 16.3. The van der Waals surface area contributed by atoms with Crippen LogP contribution in [0.3, 0.4) is 0 Å². The van der Waals surface area contributed by atoms with Crippen molar-refractivity contribution in [2.75, 3.05) is 6.54 Å². The van der Waals surface area contributed by atoms with E-state index < -0.39 is 17.2 Å². The topological polar surface area (TPSA) is 197 Å². The van der Waals surface area contributed by atoms with Crippen molar-refractivity contribution in [3.63, 3.8) is 0 Å². The number of nitriles is 1. The summed E-state index contributed by atoms with van der Waals surface area (Å²) in [5.41, 5.74) is 15.1. The highest BCUT2D eigenvalue weighted by Gasteiger charge is 2.54. The second-order valence-electron chi connectivity index (χ2n) is 13.5. The Morgan fingerprint density at radius 3 is 2.22 bits per heavy atom. The fourth-order valence-corrected chi connectivity index (χ4v) is 8.58. The largest absolute Gasteiger partial charge is 0.366 e. The van der Waals surface area contributed by atoms with E-state index in [2.05, 4.69) is 32.0 Å². The first-order valence-electron chi connectivity index (χ1n) is 16.3. The van der Waals surface area contributed by atoms with Crippen molar-refractivity contribution in [3.05, 3.63) is 75.6 Å². The maximum Gasteiger partial charge on any atom is 0.248 e. The molecule has 1 aliphatic heterocycles. The average Bonchev–Trinajstić information content (AvgIpc) is 3.45. The maximum absolute atomic E-state index is 13.7. The Morgan fingerprint density at radius 2 is 1.65 bits per heavy atom. The van der Waals surface area contributed by atoms with Crippen LogP contribution in [0.4, 0.5) is 0 Å². The lowest BCUT2D eigenvalue weighted by atomic mass is 9.65. The van der Waals surface area contributed by atoms with Crippen LogP contribution < -0.4 is 16.8 Å². The van der Waals surface area contributed by atoms with Crippen LogP contribution in [0.5, 0.6) is 0 Å². The van der Waals surface area contributed by atoms with Gasteiger partial charge < -0.3 is 21.7 Å². The summed E-state index contributed by atoms with van der Waals surface area (Å²) in [7, 11) is 0. The van der Waals surface area contributed by atoms with Crippen LogP contribution in [0, 0.1) is 23.2 Å². The molecule has 3 fully saturated rings. The molecule has 4 aliphatic rings. The third-order valence-corrected chi connectivity index (χ3v) is 10.9. The molecule has 2 saturated carbocycles. The molecule has 0 unspecified atom stereocenters. The molecule has 4 atom stereocenters. The highest BCUT2D eigenvalue weighted by Crippen LogP contribution is 2.49. The molecule has 3 amide bonds. The number of carbonyl (C=O) groups is 3. The number of hydrogen-bond acceptors (Lipinski definition) is 8. The third kappa shape index (κ3) is 5.22. The van der Waals surface area contributed by atoms with Gasteiger partial charge in [0.25, 0.3) is 0 Å². The molecule has 12 heteroatoms. The van der Waals surface area contributed by atoms with E-state index in [0.29, 0.717) is 48.0 Å². The Morgan fingerprint density at radius 1 is 1.00 bits per heavy atom. The minimum atomic E-state index is -0.917. The number of fused-ring (bicyclic) bond motifs is 3. The monoisotopic (exact) mass is 621 g/mol. The van der Waals surface area contributed by atoms with Gasteiger partial charge in [-0.15, -0.1) is 5.10 Å². The molecule has 0 radical (unpaired) electrons. The van der Waals surface area contributed by atoms with Gasteiger partial charge >= 0.3 is 0 Å². The number of H-pyrrole nitrogens is 1. The second-order valence-corrected chi connectivity index (χ2v) is 13.5. The van der Waals surface area contributed by atoms with Crippen molar-refractivity contribution >= 4 is 17.7 Å². The first kappa shape index (κ1) is 30.0. The summed E-state index contributed by atoms with van der Waals surface area (Å²) >= 11 is 0. The van der Waals surface area contributed by atoms with Crippen LogP contribution in [-0.2, 0) is 23.1 Å². The van der Waals surface area contributed by atoms with E-state index in [1.807, 2.05) is 24.3 Å². The molecule has 6 N–H and O–H groups in total. The number of carbonyl (C=O) groups excluding carboxylic acids is 3. The summed E-state index contributed by atoms with van der Waals surface area (Å²) in [6, 6.07) is 13.1. The molecular weight excluding hydrogens is 582 g/mol. The summed E-state index contributed by atoms with van der Waals surface area (Å²) in [6.07, 6.45) is 8.89. The van der Waals surface area contributed by atoms with Gasteiger partial charge in [-0.1, -0.05) is 31.4 Å². The normalized spacial score (nSPS) is 23.7. The van der Waals surface area contributed by atoms with Gasteiger partial charge in [-0.25, -0.2) is 5.10 Å². The SMILES string of the molecule is N#C[C@@H]1C[C@@H]2C[C@@H]2N1C(=O)CN[C@H](CC1(c2nnn[nH]2)c2ccc(C(N)=O)cc2CCc2cc(C(N)=O)ccc21)C1CCCCC1. The van der Waals surface area contributed by atoms with Gasteiger partial charge in [-0.2, -0.15) is 5.26 Å². The summed E-state index contributed by atoms with van der Waals surface area (Å²) < 4.78 is 0. The number of nitrogens with two attached hydrogens (primary N) is 2. The van der Waals surface area contributed by atoms with Crippen LogP contribution >= 0.6 is 0 Å². The van der Waals surface area contributed by atoms with E-state index in [-0.39, 0.29) is 30.6 Å². The minimum absolute atomic E-state index is 0.0355. The molecule has 12 nitrogen and oxygen atoms in total. The van der Waals surface area contributed by atoms with Gasteiger partial charge in [-0.05, 0) is 114 Å². The van der Waals surface area contributed by atoms with E-state index in [9.17, 15) is 19.6 Å². The van der Waals surface area contributed by atoms with E-state index in [1.54, 1.807) is 17.0 Å². The Hall–Kier alpha value is -4.63. The number of piperidine rings is 1. The van der Waals surface area contributed by atoms with Gasteiger partial charge in [0.15, 0.2) is 5.82 Å². The summed E-state index contributed by atoms with van der Waals surface area (Å²) in [4.78, 5) is 40.0. The molecule has 1 aromatic heterocycles. The number of nitrogens with zero attached hydrogens (tertiary/aromatic N) is 5. The molecule has 2 aromatic carbocycles. The van der Waals surface area contributed by atoms with E-state index in [0.717, 1.165) is 60.8 Å². The Labute approximate surface area is 267 Å². The van der Waals surface area contributed by atoms with E-state index in [1.165, 1.54) is 6.42 Å². The zero-order valence-electron chi connectivity index (χ0n) is 25.7. The van der Waals surface area contributed by atoms with Crippen molar-refractivity contribution in [2.24, 2.45) is 23.3 Å². The Kier molecular flexibility index (Phi) is 7.80. The molecule has 238 valence electrons. The zero-order valence-corrected chi connectivity index (χ0v) is 25.7. The highest BCUT2D eigenvalue weighted by atomic mass is 16.2. The second kappa shape index (κ2) is 11.9. The fraction of sp³-hybridized carbons (Fsp3) is 0.500. The number of likely N-dealkylation sites (tertiary alicyclic amines) is 1. The molecule has 1 saturated heterocycles. The van der Waals surface area contributed by atoms with Gasteiger partial charge in [0, 0.05) is 23.2 Å². The lowest BCUT2D eigenvalue weighted by Crippen LogP contribution is -2.50. The number of aryl methyl sites for hydroxylation is 2. The zero-order chi connectivity index (χ0) is 32.0. The predicted molar refractivity (Wildman–Crippen MR) is 167 cm³/mol. The minimum Gasteiger partial charge on any atom is -0.366 e. The molecule has 3 aromatic rings. The van der Waals surface area contributed by atoms with Crippen molar-refractivity contribution < 1.29 is 14.4 Å². The number of tetrazole rings is 1. The van der Waals surface area contributed by atoms with Crippen LogP contribution in [0.2, 0.25) is 0 Å². The van der Waals surface area contributed by atoms with Crippen LogP contribution in [0.15, 0.2) is 36.4 Å². The molecule has 7 rings (SSSR count). The number of benzene rings is 2. The summed E-state index contributed by atoms with van der Waals surface area (Å²) in [5.74, 6) is 0.213. The summed E-state index contributed by atoms with van der Waals surface area (Å²) in [5, 5.41) is 29.0. The number of amides is 3. The molecule has 46 heavy (non-hydrogen) atoms. The van der Waals surface area contributed by atoms with E-state index >= 15 is 0 Å². The molecule has 3 aliphatic carbocycles. The van der Waals surface area contributed by atoms with Gasteiger partial charge in [0.05, 0.1) is 18.0 Å². The highest BCUT2D eigenvalue weighted by molar-refractivity contribution is 5.94. The number of nitrogens with one attached hydrogen (secondary N) is 2. The lowest BCUT2D eigenvalue weighted by molar-refractivity contribution is -0.131. The summed E-state index contributed by atoms with van der Waals surface area (Å²) in [6.45, 7) is 0.133. The Balaban J connectivity index is 1.34. The fourth-order valence-electron chi connectivity index (χ4n) is 8.58. The molecule has 2 heterocycles. The van der Waals surface area contributed by atoms with E-state index in [4.69, 9.17) is 11.5 Å². The smallest absolute Gasteiger partial charge is 0.248 e. The maximum atomic E-state index is 13.7. The van der Waals surface area contributed by atoms with Crippen molar-refractivity contribution in [3.8, 4) is 6.07 Å². The standard InChI is InChI=1S/C34H39N9O3/c35-17-25-14-24-15-29(24)43(25)30(44)18-38-28(19-4-2-1-3-5-19)16-34(33-39-41-42-40-33)26-10-8-22(31(36)45)12-20(26)6-7-21-13-23(32(37)46)9-11-27(21)34/h8-13,19,24-25,28-29,38H,1-7,14-16,18H2,(H2,36,45)(H2,37,46)(H,39,40,41,42)/t24-,25+,28-,29+/m1/s1. The number of aromatic nitrogens is 4. The lowest BCUT2D eigenvalue weighted by Gasteiger charge is -2.41. The molecule has 0 bridgehead atoms. The molecular formula is C34H39N9O3. The van der Waals surface area contributed by atoms with Crippen LogP contribution in [-0.4, -0.2) is 67.9 Å². The number of hydrogen-bond donors (Lipinski definition) is 4. The quantitative estimate of drug-likeness (QED) is 0.279. The van der Waals surface area contributed by atoms with Crippen molar-refractivity contribution in [2.45, 2.75) is 87.7 Å². The third-order valence-electron chi connectivity index (χ3n) is 10.9. The number of primary amides is 2. The van der Waals surface area contributed by atoms with Gasteiger partial charge in [0.1, 0.15) is 6.04 Å². The van der Waals surface area contributed by atoms with Crippen molar-refractivity contribution in [1.82, 2.24) is 30.8 Å². The van der Waals surface area contributed by atoms with Crippen LogP contribution in [0.25, 0.3) is 0 Å². The number of rotatable bonds is 9. The first-order chi connectivity index (χ1) is 22.3. The van der Waals surface area contributed by atoms with Crippen molar-refractivity contribution in [1.29, 1.82) is 5.26 Å².